The Balaban J connectivity index is 1.46. The number of carbonyl (C=O) groups excluding carboxylic acids is 1. The molecule has 2 amide bonds. The average Bonchev–Trinajstić information content (AvgIpc) is 3.16. The van der Waals surface area contributed by atoms with Crippen molar-refractivity contribution in [1.29, 1.82) is 0 Å². The summed E-state index contributed by atoms with van der Waals surface area (Å²) in [6.45, 7) is 3.01. The molecular weight excluding hydrogens is 316 g/mol. The summed E-state index contributed by atoms with van der Waals surface area (Å²) >= 11 is 0. The zero-order valence-electron chi connectivity index (χ0n) is 14.6. The molecule has 6 heteroatoms. The van der Waals surface area contributed by atoms with Crippen LogP contribution in [0.25, 0.3) is 5.69 Å². The second kappa shape index (κ2) is 7.70. The summed E-state index contributed by atoms with van der Waals surface area (Å²) in [7, 11) is 0. The number of aromatic nitrogens is 2. The first-order chi connectivity index (χ1) is 12.1. The minimum absolute atomic E-state index is 0.197. The highest BCUT2D eigenvalue weighted by Crippen LogP contribution is 2.35. The van der Waals surface area contributed by atoms with Gasteiger partial charge in [-0.15, -0.1) is 0 Å². The van der Waals surface area contributed by atoms with Crippen LogP contribution in [0.4, 0.5) is 4.79 Å². The molecule has 1 fully saturated rings. The van der Waals surface area contributed by atoms with Crippen LogP contribution >= 0.6 is 0 Å². The number of rotatable bonds is 5. The Hall–Kier alpha value is -2.34. The van der Waals surface area contributed by atoms with Crippen LogP contribution in [0.15, 0.2) is 43.0 Å². The lowest BCUT2D eigenvalue weighted by Gasteiger charge is -2.38. The van der Waals surface area contributed by atoms with E-state index in [9.17, 15) is 9.90 Å². The maximum absolute atomic E-state index is 12.0. The predicted molar refractivity (Wildman–Crippen MR) is 96.4 cm³/mol. The van der Waals surface area contributed by atoms with Gasteiger partial charge in [0, 0.05) is 36.6 Å². The van der Waals surface area contributed by atoms with E-state index in [0.717, 1.165) is 36.9 Å². The molecule has 0 spiro atoms. The first-order valence-corrected chi connectivity index (χ1v) is 8.84. The van der Waals surface area contributed by atoms with E-state index in [2.05, 4.69) is 15.6 Å². The highest BCUT2D eigenvalue weighted by Gasteiger charge is 2.35. The van der Waals surface area contributed by atoms with Crippen molar-refractivity contribution >= 4 is 6.03 Å². The molecule has 1 aliphatic rings. The molecule has 3 N–H and O–H groups in total. The fraction of sp³-hybridized carbons (Fsp3) is 0.474. The first kappa shape index (κ1) is 17.5. The first-order valence-electron chi connectivity index (χ1n) is 8.84. The van der Waals surface area contributed by atoms with Gasteiger partial charge >= 0.3 is 6.03 Å². The van der Waals surface area contributed by atoms with Crippen LogP contribution in [0.1, 0.15) is 38.2 Å². The van der Waals surface area contributed by atoms with Gasteiger partial charge in [-0.3, -0.25) is 0 Å². The number of nitrogens with one attached hydrogen (secondary N) is 2. The van der Waals surface area contributed by atoms with Crippen molar-refractivity contribution in [2.75, 3.05) is 6.54 Å². The van der Waals surface area contributed by atoms with Crippen molar-refractivity contribution in [3.8, 4) is 5.69 Å². The zero-order chi connectivity index (χ0) is 17.7. The molecule has 0 bridgehead atoms. The molecule has 134 valence electrons. The Bertz CT molecular complexity index is 684. The quantitative estimate of drug-likeness (QED) is 0.781. The van der Waals surface area contributed by atoms with E-state index in [0.29, 0.717) is 13.1 Å². The number of hydrogen-bond acceptors (Lipinski definition) is 3. The van der Waals surface area contributed by atoms with E-state index >= 15 is 0 Å². The van der Waals surface area contributed by atoms with Gasteiger partial charge in [0.2, 0.25) is 0 Å². The van der Waals surface area contributed by atoms with Crippen molar-refractivity contribution < 1.29 is 9.90 Å². The van der Waals surface area contributed by atoms with Crippen LogP contribution < -0.4 is 10.6 Å². The van der Waals surface area contributed by atoms with Gasteiger partial charge in [0.1, 0.15) is 0 Å². The largest absolute Gasteiger partial charge is 0.392 e. The zero-order valence-corrected chi connectivity index (χ0v) is 14.6. The molecule has 1 saturated carbocycles. The van der Waals surface area contributed by atoms with Crippen molar-refractivity contribution in [3.63, 3.8) is 0 Å². The second-order valence-electron chi connectivity index (χ2n) is 7.09. The minimum Gasteiger partial charge on any atom is -0.392 e. The lowest BCUT2D eigenvalue weighted by atomic mass is 9.73. The van der Waals surface area contributed by atoms with E-state index in [4.69, 9.17) is 0 Å². The number of imidazole rings is 1. The normalized spacial score (nSPS) is 23.2. The number of hydrogen-bond donors (Lipinski definition) is 3. The van der Waals surface area contributed by atoms with Gasteiger partial charge in [0.15, 0.2) is 0 Å². The lowest BCUT2D eigenvalue weighted by molar-refractivity contribution is 0.00309. The smallest absolute Gasteiger partial charge is 0.315 e. The molecule has 0 radical (unpaired) electrons. The van der Waals surface area contributed by atoms with Crippen LogP contribution in [0.3, 0.4) is 0 Å². The monoisotopic (exact) mass is 342 g/mol. The Labute approximate surface area is 148 Å². The maximum atomic E-state index is 12.0. The molecule has 1 aromatic heterocycles. The third kappa shape index (κ3) is 4.39. The van der Waals surface area contributed by atoms with Crippen LogP contribution in [-0.2, 0) is 6.54 Å². The molecule has 1 aromatic carbocycles. The Kier molecular flexibility index (Phi) is 5.38. The Morgan fingerprint density at radius 1 is 1.32 bits per heavy atom. The number of nitrogens with zero attached hydrogens (tertiary/aromatic N) is 2. The summed E-state index contributed by atoms with van der Waals surface area (Å²) < 4.78 is 1.93. The number of aliphatic hydroxyl groups is 1. The highest BCUT2D eigenvalue weighted by atomic mass is 16.3. The van der Waals surface area contributed by atoms with Crippen molar-refractivity contribution in [3.05, 3.63) is 48.5 Å². The third-order valence-electron chi connectivity index (χ3n) is 5.12. The van der Waals surface area contributed by atoms with Gasteiger partial charge in [0.25, 0.3) is 0 Å². The van der Waals surface area contributed by atoms with Crippen LogP contribution in [0, 0.1) is 5.41 Å². The summed E-state index contributed by atoms with van der Waals surface area (Å²) in [5.41, 5.74) is 1.84. The molecule has 2 aromatic rings. The minimum atomic E-state index is -0.336. The average molecular weight is 342 g/mol. The third-order valence-corrected chi connectivity index (χ3v) is 5.12. The SMILES string of the molecule is CC1(CNC(=O)NCc2ccc(-n3ccnc3)cc2)CCCCC1O. The van der Waals surface area contributed by atoms with Gasteiger partial charge in [-0.25, -0.2) is 9.78 Å². The van der Waals surface area contributed by atoms with Gasteiger partial charge < -0.3 is 20.3 Å². The summed E-state index contributed by atoms with van der Waals surface area (Å²) in [6.07, 6.45) is 8.99. The van der Waals surface area contributed by atoms with Crippen molar-refractivity contribution in [1.82, 2.24) is 20.2 Å². The van der Waals surface area contributed by atoms with Crippen LogP contribution in [0.2, 0.25) is 0 Å². The summed E-state index contributed by atoms with van der Waals surface area (Å²) in [5, 5.41) is 16.0. The van der Waals surface area contributed by atoms with Crippen molar-refractivity contribution in [2.45, 2.75) is 45.3 Å². The summed E-state index contributed by atoms with van der Waals surface area (Å²) in [5.74, 6) is 0. The van der Waals surface area contributed by atoms with E-state index in [1.807, 2.05) is 42.0 Å². The number of benzene rings is 1. The number of urea groups is 1. The van der Waals surface area contributed by atoms with Crippen LogP contribution in [0.5, 0.6) is 0 Å². The van der Waals surface area contributed by atoms with E-state index in [1.54, 1.807) is 12.5 Å². The van der Waals surface area contributed by atoms with E-state index < -0.39 is 0 Å². The fourth-order valence-electron chi connectivity index (χ4n) is 3.31. The molecule has 2 atom stereocenters. The van der Waals surface area contributed by atoms with Gasteiger partial charge in [-0.05, 0) is 30.5 Å². The van der Waals surface area contributed by atoms with Crippen LogP contribution in [-0.4, -0.2) is 33.3 Å². The number of carbonyl (C=O) groups is 1. The molecule has 2 unspecified atom stereocenters. The standard InChI is InChI=1S/C19H26N4O2/c1-19(9-3-2-4-17(19)24)13-22-18(25)21-12-15-5-7-16(8-6-15)23-11-10-20-14-23/h5-8,10-11,14,17,24H,2-4,9,12-13H2,1H3,(H2,21,22,25). The topological polar surface area (TPSA) is 79.2 Å². The van der Waals surface area contributed by atoms with Gasteiger partial charge in [0.05, 0.1) is 12.4 Å². The Morgan fingerprint density at radius 3 is 2.80 bits per heavy atom. The number of amides is 2. The highest BCUT2D eigenvalue weighted by molar-refractivity contribution is 5.73. The molecular formula is C19H26N4O2. The molecule has 25 heavy (non-hydrogen) atoms. The fourth-order valence-corrected chi connectivity index (χ4v) is 3.31. The Morgan fingerprint density at radius 2 is 2.12 bits per heavy atom. The molecule has 6 nitrogen and oxygen atoms in total. The molecule has 0 aliphatic heterocycles. The van der Waals surface area contributed by atoms with E-state index in [-0.39, 0.29) is 17.6 Å². The van der Waals surface area contributed by atoms with E-state index in [1.165, 1.54) is 0 Å². The van der Waals surface area contributed by atoms with Crippen molar-refractivity contribution in [2.24, 2.45) is 5.41 Å². The molecule has 1 aliphatic carbocycles. The maximum Gasteiger partial charge on any atom is 0.315 e. The van der Waals surface area contributed by atoms with Gasteiger partial charge in [-0.1, -0.05) is 31.9 Å². The summed E-state index contributed by atoms with van der Waals surface area (Å²) in [6, 6.07) is 7.77. The molecule has 3 rings (SSSR count). The van der Waals surface area contributed by atoms with Gasteiger partial charge in [-0.2, -0.15) is 0 Å². The lowest BCUT2D eigenvalue weighted by Crippen LogP contribution is -2.47. The second-order valence-corrected chi connectivity index (χ2v) is 7.09. The summed E-state index contributed by atoms with van der Waals surface area (Å²) in [4.78, 5) is 16.1. The molecule has 0 saturated heterocycles. The number of aliphatic hydroxyl groups excluding tert-OH is 1. The molecule has 1 heterocycles. The predicted octanol–water partition coefficient (Wildman–Crippen LogP) is 2.61.